The maximum absolute atomic E-state index is 13.7. The van der Waals surface area contributed by atoms with Gasteiger partial charge in [0.05, 0.1) is 34.7 Å². The number of Topliss-reactive ketones (excluding diaryl/α,β-unsaturated/α-hetero) is 1. The number of carbonyl (C=O) groups is 1. The normalized spacial score (nSPS) is 17.5. The number of benzene rings is 2. The molecule has 0 saturated carbocycles. The van der Waals surface area contributed by atoms with Gasteiger partial charge in [-0.25, -0.2) is 9.97 Å². The summed E-state index contributed by atoms with van der Waals surface area (Å²) in [6.07, 6.45) is 1.55. The van der Waals surface area contributed by atoms with Crippen LogP contribution in [-0.4, -0.2) is 31.7 Å². The van der Waals surface area contributed by atoms with Crippen molar-refractivity contribution in [2.45, 2.75) is 44.1 Å². The van der Waals surface area contributed by atoms with Gasteiger partial charge in [-0.3, -0.25) is 14.2 Å². The summed E-state index contributed by atoms with van der Waals surface area (Å²) in [6.45, 7) is 4.61. The Morgan fingerprint density at radius 1 is 1.09 bits per heavy atom. The number of hydrogen-bond donors (Lipinski definition) is 0. The second kappa shape index (κ2) is 9.16. The van der Waals surface area contributed by atoms with E-state index >= 15 is 0 Å². The van der Waals surface area contributed by atoms with Crippen LogP contribution >= 0.6 is 11.8 Å². The molecule has 0 radical (unpaired) electrons. The van der Waals surface area contributed by atoms with Crippen LogP contribution in [0.15, 0.2) is 76.7 Å². The largest absolute Gasteiger partial charge is 0.370 e. The molecule has 0 bridgehead atoms. The molecule has 1 atom stereocenters. The molecule has 7 heteroatoms. The van der Waals surface area contributed by atoms with E-state index in [0.29, 0.717) is 40.5 Å². The van der Waals surface area contributed by atoms with Gasteiger partial charge < -0.3 is 4.74 Å². The molecule has 2 aromatic heterocycles. The molecule has 3 heterocycles. The SMILES string of the molecule is CC[C@]1(C)Cc2nc3nc(SCC(=O)c4ccccc4)n(-c4ccccc4)c(=O)c3cc2CO1. The van der Waals surface area contributed by atoms with Crippen LogP contribution < -0.4 is 5.56 Å². The molecule has 0 spiro atoms. The van der Waals surface area contributed by atoms with Gasteiger partial charge in [-0.1, -0.05) is 67.2 Å². The Bertz CT molecular complexity index is 1420. The van der Waals surface area contributed by atoms with Gasteiger partial charge in [-0.2, -0.15) is 0 Å². The zero-order chi connectivity index (χ0) is 23.7. The van der Waals surface area contributed by atoms with Crippen molar-refractivity contribution in [3.63, 3.8) is 0 Å². The minimum Gasteiger partial charge on any atom is -0.370 e. The van der Waals surface area contributed by atoms with Crippen LogP contribution in [0.25, 0.3) is 16.7 Å². The number of ether oxygens (including phenoxy) is 1. The fourth-order valence-electron chi connectivity index (χ4n) is 4.07. The Morgan fingerprint density at radius 3 is 2.50 bits per heavy atom. The molecule has 0 saturated heterocycles. The van der Waals surface area contributed by atoms with E-state index in [1.165, 1.54) is 11.8 Å². The van der Waals surface area contributed by atoms with Crippen LogP contribution in [-0.2, 0) is 17.8 Å². The lowest BCUT2D eigenvalue weighted by Crippen LogP contribution is -2.35. The number of rotatable bonds is 6. The summed E-state index contributed by atoms with van der Waals surface area (Å²) in [5.74, 6) is 0.149. The van der Waals surface area contributed by atoms with E-state index in [1.807, 2.05) is 54.6 Å². The predicted octanol–water partition coefficient (Wildman–Crippen LogP) is 5.00. The lowest BCUT2D eigenvalue weighted by Gasteiger charge is -2.33. The number of thioether (sulfide) groups is 1. The van der Waals surface area contributed by atoms with Crippen molar-refractivity contribution in [3.05, 3.63) is 93.9 Å². The molecule has 0 N–H and O–H groups in total. The highest BCUT2D eigenvalue weighted by Crippen LogP contribution is 2.31. The van der Waals surface area contributed by atoms with E-state index in [-0.39, 0.29) is 22.7 Å². The summed E-state index contributed by atoms with van der Waals surface area (Å²) in [6, 6.07) is 20.4. The summed E-state index contributed by atoms with van der Waals surface area (Å²) in [5, 5.41) is 0.899. The van der Waals surface area contributed by atoms with Crippen LogP contribution in [0.4, 0.5) is 0 Å². The third-order valence-corrected chi connectivity index (χ3v) is 7.24. The minimum absolute atomic E-state index is 0.0196. The molecule has 2 aromatic carbocycles. The minimum atomic E-state index is -0.271. The van der Waals surface area contributed by atoms with E-state index in [2.05, 4.69) is 13.8 Å². The fourth-order valence-corrected chi connectivity index (χ4v) is 4.97. The second-order valence-electron chi connectivity index (χ2n) is 8.68. The van der Waals surface area contributed by atoms with Crippen molar-refractivity contribution >= 4 is 28.6 Å². The number of carbonyl (C=O) groups excluding carboxylic acids is 1. The Balaban J connectivity index is 1.60. The third-order valence-electron chi connectivity index (χ3n) is 6.31. The first kappa shape index (κ1) is 22.5. The van der Waals surface area contributed by atoms with Crippen LogP contribution in [0.2, 0.25) is 0 Å². The highest BCUT2D eigenvalue weighted by Gasteiger charge is 2.31. The highest BCUT2D eigenvalue weighted by atomic mass is 32.2. The quantitative estimate of drug-likeness (QED) is 0.224. The van der Waals surface area contributed by atoms with Crippen LogP contribution in [0.1, 0.15) is 41.9 Å². The number of para-hydroxylation sites is 1. The van der Waals surface area contributed by atoms with E-state index < -0.39 is 0 Å². The summed E-state index contributed by atoms with van der Waals surface area (Å²) >= 11 is 1.25. The molecule has 0 fully saturated rings. The molecular weight excluding hydrogens is 446 g/mol. The fraction of sp³-hybridized carbons (Fsp3) is 0.259. The lowest BCUT2D eigenvalue weighted by atomic mass is 9.91. The van der Waals surface area contributed by atoms with Crippen LogP contribution in [0.5, 0.6) is 0 Å². The number of ketones is 1. The smallest absolute Gasteiger partial charge is 0.268 e. The topological polar surface area (TPSA) is 74.1 Å². The van der Waals surface area contributed by atoms with Crippen molar-refractivity contribution in [1.82, 2.24) is 14.5 Å². The zero-order valence-electron chi connectivity index (χ0n) is 19.2. The molecule has 1 aliphatic heterocycles. The Labute approximate surface area is 202 Å². The van der Waals surface area contributed by atoms with Crippen molar-refractivity contribution in [2.24, 2.45) is 0 Å². The van der Waals surface area contributed by atoms with Crippen molar-refractivity contribution in [1.29, 1.82) is 0 Å². The average Bonchev–Trinajstić information content (AvgIpc) is 2.87. The molecule has 172 valence electrons. The lowest BCUT2D eigenvalue weighted by molar-refractivity contribution is -0.0573. The van der Waals surface area contributed by atoms with E-state index in [0.717, 1.165) is 17.7 Å². The molecule has 5 rings (SSSR count). The first-order valence-electron chi connectivity index (χ1n) is 11.3. The standard InChI is InChI=1S/C27H25N3O3S/c1-3-27(2)15-22-19(16-33-27)14-21-24(28-22)29-26(30(25(21)32)20-12-8-5-9-13-20)34-17-23(31)18-10-6-4-7-11-18/h4-14H,3,15-17H2,1-2H3/t27-/m1/s1. The van der Waals surface area contributed by atoms with Crippen LogP contribution in [0.3, 0.4) is 0 Å². The Kier molecular flexibility index (Phi) is 6.06. The molecule has 6 nitrogen and oxygen atoms in total. The highest BCUT2D eigenvalue weighted by molar-refractivity contribution is 7.99. The van der Waals surface area contributed by atoms with Gasteiger partial charge in [0.1, 0.15) is 0 Å². The Morgan fingerprint density at radius 2 is 1.79 bits per heavy atom. The monoisotopic (exact) mass is 471 g/mol. The average molecular weight is 472 g/mol. The molecule has 0 amide bonds. The van der Waals surface area contributed by atoms with Gasteiger partial charge in [-0.15, -0.1) is 0 Å². The molecule has 4 aromatic rings. The van der Waals surface area contributed by atoms with Crippen LogP contribution in [0, 0.1) is 0 Å². The van der Waals surface area contributed by atoms with Crippen molar-refractivity contribution < 1.29 is 9.53 Å². The van der Waals surface area contributed by atoms with Gasteiger partial charge in [0.25, 0.3) is 5.56 Å². The zero-order valence-corrected chi connectivity index (χ0v) is 20.0. The number of fused-ring (bicyclic) bond motifs is 2. The maximum Gasteiger partial charge on any atom is 0.268 e. The van der Waals surface area contributed by atoms with E-state index in [4.69, 9.17) is 14.7 Å². The van der Waals surface area contributed by atoms with Crippen molar-refractivity contribution in [2.75, 3.05) is 5.75 Å². The predicted molar refractivity (Wildman–Crippen MR) is 134 cm³/mol. The van der Waals surface area contributed by atoms with E-state index in [9.17, 15) is 9.59 Å². The number of pyridine rings is 1. The molecule has 0 aliphatic carbocycles. The number of aromatic nitrogens is 3. The summed E-state index contributed by atoms with van der Waals surface area (Å²) in [5.41, 5.74) is 3.11. The van der Waals surface area contributed by atoms with Gasteiger partial charge in [0.15, 0.2) is 16.6 Å². The number of hydrogen-bond acceptors (Lipinski definition) is 6. The van der Waals surface area contributed by atoms with Gasteiger partial charge in [0.2, 0.25) is 0 Å². The molecular formula is C27H25N3O3S. The van der Waals surface area contributed by atoms with Gasteiger partial charge in [-0.05, 0) is 31.5 Å². The second-order valence-corrected chi connectivity index (χ2v) is 9.63. The first-order chi connectivity index (χ1) is 16.5. The Hall–Kier alpha value is -3.29. The van der Waals surface area contributed by atoms with Crippen molar-refractivity contribution in [3.8, 4) is 5.69 Å². The first-order valence-corrected chi connectivity index (χ1v) is 12.3. The molecule has 1 aliphatic rings. The van der Waals surface area contributed by atoms with E-state index in [1.54, 1.807) is 16.7 Å². The number of nitrogens with zero attached hydrogens (tertiary/aromatic N) is 3. The van der Waals surface area contributed by atoms with Gasteiger partial charge in [0, 0.05) is 17.5 Å². The molecule has 34 heavy (non-hydrogen) atoms. The third kappa shape index (κ3) is 4.29. The molecule has 0 unspecified atom stereocenters. The summed E-state index contributed by atoms with van der Waals surface area (Å²) in [7, 11) is 0. The maximum atomic E-state index is 13.7. The van der Waals surface area contributed by atoms with Gasteiger partial charge >= 0.3 is 0 Å². The summed E-state index contributed by atoms with van der Waals surface area (Å²) in [4.78, 5) is 36.0. The summed E-state index contributed by atoms with van der Waals surface area (Å²) < 4.78 is 7.63.